The van der Waals surface area contributed by atoms with Gasteiger partial charge in [0.05, 0.1) is 12.2 Å². The van der Waals surface area contributed by atoms with Crippen LogP contribution in [-0.2, 0) is 6.54 Å². The predicted molar refractivity (Wildman–Crippen MR) is 68.2 cm³/mol. The molecule has 3 nitrogen and oxygen atoms in total. The van der Waals surface area contributed by atoms with Crippen LogP contribution < -0.4 is 5.32 Å². The fraction of sp³-hybridized carbons (Fsp3) is 0.167. The van der Waals surface area contributed by atoms with Crippen LogP contribution in [0.15, 0.2) is 41.1 Å². The van der Waals surface area contributed by atoms with Crippen molar-refractivity contribution >= 4 is 21.7 Å². The minimum atomic E-state index is 0.691. The van der Waals surface area contributed by atoms with Crippen molar-refractivity contribution in [3.63, 3.8) is 0 Å². The summed E-state index contributed by atoms with van der Waals surface area (Å²) in [4.78, 5) is 8.55. The van der Waals surface area contributed by atoms with Gasteiger partial charge in [-0.2, -0.15) is 0 Å². The third-order valence-corrected chi connectivity index (χ3v) is 2.64. The van der Waals surface area contributed by atoms with E-state index in [2.05, 4.69) is 31.2 Å². The molecule has 0 aliphatic rings. The molecule has 16 heavy (non-hydrogen) atoms. The molecule has 2 aromatic heterocycles. The second-order valence-corrected chi connectivity index (χ2v) is 4.41. The first-order chi connectivity index (χ1) is 7.75. The molecule has 2 rings (SSSR count). The van der Waals surface area contributed by atoms with E-state index in [1.807, 2.05) is 31.2 Å². The molecule has 0 aromatic carbocycles. The molecule has 0 bridgehead atoms. The number of anilines is 1. The quantitative estimate of drug-likeness (QED) is 0.937. The molecule has 0 saturated heterocycles. The van der Waals surface area contributed by atoms with E-state index in [9.17, 15) is 0 Å². The summed E-state index contributed by atoms with van der Waals surface area (Å²) in [5.41, 5.74) is 2.12. The molecule has 82 valence electrons. The van der Waals surface area contributed by atoms with E-state index in [1.165, 1.54) is 0 Å². The zero-order chi connectivity index (χ0) is 11.4. The molecule has 0 atom stereocenters. The van der Waals surface area contributed by atoms with E-state index in [-0.39, 0.29) is 0 Å². The summed E-state index contributed by atoms with van der Waals surface area (Å²) in [6.07, 6.45) is 3.58. The van der Waals surface area contributed by atoms with Gasteiger partial charge in [0.25, 0.3) is 0 Å². The summed E-state index contributed by atoms with van der Waals surface area (Å²) < 4.78 is 0.994. The first-order valence-electron chi connectivity index (χ1n) is 5.01. The van der Waals surface area contributed by atoms with Gasteiger partial charge in [-0.05, 0) is 46.6 Å². The molecule has 0 spiro atoms. The number of nitrogens with zero attached hydrogens (tertiary/aromatic N) is 2. The first-order valence-corrected chi connectivity index (χ1v) is 5.81. The average Bonchev–Trinajstić information content (AvgIpc) is 2.29. The van der Waals surface area contributed by atoms with Crippen LogP contribution in [0.1, 0.15) is 11.3 Å². The van der Waals surface area contributed by atoms with E-state index in [1.54, 1.807) is 12.4 Å². The molecule has 0 radical (unpaired) electrons. The van der Waals surface area contributed by atoms with Crippen molar-refractivity contribution < 1.29 is 0 Å². The van der Waals surface area contributed by atoms with Crippen LogP contribution in [0.4, 0.5) is 5.82 Å². The Hall–Kier alpha value is -1.42. The first kappa shape index (κ1) is 11.1. The number of nitrogens with one attached hydrogen (secondary N) is 1. The number of aryl methyl sites for hydroxylation is 1. The highest BCUT2D eigenvalue weighted by molar-refractivity contribution is 9.10. The summed E-state index contributed by atoms with van der Waals surface area (Å²) in [6.45, 7) is 2.72. The van der Waals surface area contributed by atoms with Gasteiger partial charge in [-0.15, -0.1) is 0 Å². The standard InChI is InChI=1S/C12H12BrN3/c1-9-6-10(13)7-15-12(9)16-8-11-4-2-3-5-14-11/h2-7H,8H2,1H3,(H,15,16). The Kier molecular flexibility index (Phi) is 3.51. The molecule has 0 aliphatic carbocycles. The average molecular weight is 278 g/mol. The Morgan fingerprint density at radius 2 is 2.19 bits per heavy atom. The van der Waals surface area contributed by atoms with Crippen molar-refractivity contribution in [3.05, 3.63) is 52.4 Å². The molecule has 0 fully saturated rings. The normalized spacial score (nSPS) is 10.1. The number of aromatic nitrogens is 2. The van der Waals surface area contributed by atoms with Crippen molar-refractivity contribution in [2.45, 2.75) is 13.5 Å². The van der Waals surface area contributed by atoms with Crippen molar-refractivity contribution in [2.75, 3.05) is 5.32 Å². The largest absolute Gasteiger partial charge is 0.364 e. The Morgan fingerprint density at radius 1 is 1.31 bits per heavy atom. The maximum absolute atomic E-state index is 4.31. The lowest BCUT2D eigenvalue weighted by atomic mass is 10.3. The van der Waals surface area contributed by atoms with Gasteiger partial charge in [0.1, 0.15) is 5.82 Å². The van der Waals surface area contributed by atoms with Crippen molar-refractivity contribution in [2.24, 2.45) is 0 Å². The SMILES string of the molecule is Cc1cc(Br)cnc1NCc1ccccn1. The van der Waals surface area contributed by atoms with Crippen LogP contribution in [0.5, 0.6) is 0 Å². The van der Waals surface area contributed by atoms with Gasteiger partial charge in [-0.3, -0.25) is 4.98 Å². The molecule has 0 aliphatic heterocycles. The van der Waals surface area contributed by atoms with E-state index >= 15 is 0 Å². The summed E-state index contributed by atoms with van der Waals surface area (Å²) in [5, 5.41) is 3.26. The highest BCUT2D eigenvalue weighted by Crippen LogP contribution is 2.17. The third kappa shape index (κ3) is 2.79. The van der Waals surface area contributed by atoms with E-state index in [0.717, 1.165) is 21.5 Å². The van der Waals surface area contributed by atoms with E-state index in [0.29, 0.717) is 6.54 Å². The molecular formula is C12H12BrN3. The highest BCUT2D eigenvalue weighted by atomic mass is 79.9. The Labute approximate surface area is 103 Å². The maximum Gasteiger partial charge on any atom is 0.129 e. The maximum atomic E-state index is 4.31. The van der Waals surface area contributed by atoms with E-state index in [4.69, 9.17) is 0 Å². The van der Waals surface area contributed by atoms with Gasteiger partial charge in [-0.25, -0.2) is 4.98 Å². The lowest BCUT2D eigenvalue weighted by Gasteiger charge is -2.07. The summed E-state index contributed by atoms with van der Waals surface area (Å²) in [5.74, 6) is 0.897. The molecule has 0 unspecified atom stereocenters. The van der Waals surface area contributed by atoms with E-state index < -0.39 is 0 Å². The number of hydrogen-bond donors (Lipinski definition) is 1. The smallest absolute Gasteiger partial charge is 0.129 e. The zero-order valence-electron chi connectivity index (χ0n) is 8.94. The molecular weight excluding hydrogens is 266 g/mol. The zero-order valence-corrected chi connectivity index (χ0v) is 10.5. The van der Waals surface area contributed by atoms with Crippen molar-refractivity contribution in [1.82, 2.24) is 9.97 Å². The molecule has 0 amide bonds. The van der Waals surface area contributed by atoms with Crippen molar-refractivity contribution in [3.8, 4) is 0 Å². The monoisotopic (exact) mass is 277 g/mol. The van der Waals surface area contributed by atoms with Crippen LogP contribution in [0, 0.1) is 6.92 Å². The molecule has 2 heterocycles. The second-order valence-electron chi connectivity index (χ2n) is 3.49. The van der Waals surface area contributed by atoms with Gasteiger partial charge < -0.3 is 5.32 Å². The van der Waals surface area contributed by atoms with Gasteiger partial charge >= 0.3 is 0 Å². The lowest BCUT2D eigenvalue weighted by molar-refractivity contribution is 1.02. The molecule has 1 N–H and O–H groups in total. The summed E-state index contributed by atoms with van der Waals surface area (Å²) in [7, 11) is 0. The Bertz CT molecular complexity index is 471. The second kappa shape index (κ2) is 5.07. The predicted octanol–water partition coefficient (Wildman–Crippen LogP) is 3.16. The van der Waals surface area contributed by atoms with Crippen LogP contribution >= 0.6 is 15.9 Å². The van der Waals surface area contributed by atoms with Crippen LogP contribution in [-0.4, -0.2) is 9.97 Å². The molecule has 4 heteroatoms. The number of hydrogen-bond acceptors (Lipinski definition) is 3. The fourth-order valence-electron chi connectivity index (χ4n) is 1.40. The van der Waals surface area contributed by atoms with Crippen LogP contribution in [0.25, 0.3) is 0 Å². The topological polar surface area (TPSA) is 37.8 Å². The number of halogens is 1. The number of rotatable bonds is 3. The van der Waals surface area contributed by atoms with Gasteiger partial charge in [-0.1, -0.05) is 6.07 Å². The lowest BCUT2D eigenvalue weighted by Crippen LogP contribution is -2.04. The van der Waals surface area contributed by atoms with Crippen molar-refractivity contribution in [1.29, 1.82) is 0 Å². The van der Waals surface area contributed by atoms with Gasteiger partial charge in [0.2, 0.25) is 0 Å². The third-order valence-electron chi connectivity index (χ3n) is 2.21. The summed E-state index contributed by atoms with van der Waals surface area (Å²) in [6, 6.07) is 7.91. The Morgan fingerprint density at radius 3 is 2.88 bits per heavy atom. The minimum absolute atomic E-state index is 0.691. The molecule has 0 saturated carbocycles. The number of pyridine rings is 2. The van der Waals surface area contributed by atoms with Gasteiger partial charge in [0.15, 0.2) is 0 Å². The summed E-state index contributed by atoms with van der Waals surface area (Å²) >= 11 is 3.39. The molecule has 2 aromatic rings. The Balaban J connectivity index is 2.05. The highest BCUT2D eigenvalue weighted by Gasteiger charge is 2.00. The van der Waals surface area contributed by atoms with Crippen LogP contribution in [0.2, 0.25) is 0 Å². The fourth-order valence-corrected chi connectivity index (χ4v) is 1.85. The van der Waals surface area contributed by atoms with Crippen LogP contribution in [0.3, 0.4) is 0 Å². The van der Waals surface area contributed by atoms with Gasteiger partial charge in [0, 0.05) is 16.9 Å². The minimum Gasteiger partial charge on any atom is -0.364 e.